The number of thioether (sulfide) groups is 1. The Morgan fingerprint density at radius 2 is 2.06 bits per heavy atom. The molecule has 1 atom stereocenters. The first kappa shape index (κ1) is 21.7. The van der Waals surface area contributed by atoms with Gasteiger partial charge in [0.05, 0.1) is 6.61 Å². The fourth-order valence-corrected chi connectivity index (χ4v) is 4.38. The Labute approximate surface area is 193 Å². The second kappa shape index (κ2) is 9.74. The molecule has 1 aliphatic heterocycles. The lowest BCUT2D eigenvalue weighted by molar-refractivity contribution is 0.224. The van der Waals surface area contributed by atoms with Gasteiger partial charge in [-0.25, -0.2) is 0 Å². The van der Waals surface area contributed by atoms with Gasteiger partial charge in [0.2, 0.25) is 11.0 Å². The largest absolute Gasteiger partial charge is 0.504 e. The summed E-state index contributed by atoms with van der Waals surface area (Å²) in [6.07, 6.45) is 1.64. The van der Waals surface area contributed by atoms with Gasteiger partial charge in [0.15, 0.2) is 23.4 Å². The first-order valence-electron chi connectivity index (χ1n) is 10.2. The Morgan fingerprint density at radius 3 is 2.87 bits per heavy atom. The molecule has 0 saturated heterocycles. The maximum Gasteiger partial charge on any atom is 0.247 e. The van der Waals surface area contributed by atoms with Gasteiger partial charge in [0.1, 0.15) is 0 Å². The van der Waals surface area contributed by atoms with Crippen LogP contribution in [0.3, 0.4) is 0 Å². The number of nitrogens with zero attached hydrogens (tertiary/aromatic N) is 3. The topological polar surface area (TPSA) is 89.4 Å². The van der Waals surface area contributed by atoms with Crippen molar-refractivity contribution in [3.8, 4) is 28.6 Å². The molecular weight excluding hydrogens is 480 g/mol. The average molecular weight is 503 g/mol. The fourth-order valence-electron chi connectivity index (χ4n) is 3.15. The summed E-state index contributed by atoms with van der Waals surface area (Å²) in [6.45, 7) is 4.47. The molecule has 7 nitrogen and oxygen atoms in total. The third kappa shape index (κ3) is 4.88. The fraction of sp³-hybridized carbons (Fsp3) is 0.318. The zero-order valence-corrected chi connectivity index (χ0v) is 19.7. The molecule has 2 heterocycles. The van der Waals surface area contributed by atoms with E-state index in [1.807, 2.05) is 25.1 Å². The van der Waals surface area contributed by atoms with Crippen molar-refractivity contribution in [1.29, 1.82) is 0 Å². The van der Waals surface area contributed by atoms with Crippen LogP contribution < -0.4 is 14.8 Å². The number of hydrogen-bond acceptors (Lipinski definition) is 8. The number of phenolic OH excluding ortho intramolecular Hbond substituents is 1. The van der Waals surface area contributed by atoms with Crippen LogP contribution in [0, 0.1) is 0 Å². The van der Waals surface area contributed by atoms with E-state index in [1.54, 1.807) is 30.0 Å². The number of anilines is 1. The molecule has 0 radical (unpaired) electrons. The molecule has 4 rings (SSSR count). The third-order valence-corrected chi connectivity index (χ3v) is 6.12. The number of ether oxygens (including phenoxy) is 2. The summed E-state index contributed by atoms with van der Waals surface area (Å²) >= 11 is 5.10. The molecule has 1 unspecified atom stereocenters. The van der Waals surface area contributed by atoms with E-state index in [-0.39, 0.29) is 5.75 Å². The minimum Gasteiger partial charge on any atom is -0.504 e. The van der Waals surface area contributed by atoms with Crippen molar-refractivity contribution in [2.75, 3.05) is 17.7 Å². The number of aromatic hydroxyl groups is 1. The number of hydrogen-bond donors (Lipinski definition) is 2. The van der Waals surface area contributed by atoms with Gasteiger partial charge in [0.25, 0.3) is 0 Å². The molecule has 31 heavy (non-hydrogen) atoms. The van der Waals surface area contributed by atoms with E-state index in [2.05, 4.69) is 43.4 Å². The normalized spacial score (nSPS) is 14.6. The molecule has 1 aliphatic rings. The van der Waals surface area contributed by atoms with Gasteiger partial charge in [-0.3, -0.25) is 0 Å². The second-order valence-corrected chi connectivity index (χ2v) is 8.92. The number of unbranched alkanes of at least 4 members (excludes halogenated alkanes) is 1. The van der Waals surface area contributed by atoms with E-state index in [0.717, 1.165) is 39.9 Å². The predicted molar refractivity (Wildman–Crippen MR) is 125 cm³/mol. The minimum atomic E-state index is -0.550. The number of rotatable bonds is 7. The quantitative estimate of drug-likeness (QED) is 0.309. The number of benzene rings is 2. The number of phenols is 1. The zero-order chi connectivity index (χ0) is 21.8. The molecule has 3 aromatic rings. The smallest absolute Gasteiger partial charge is 0.247 e. The predicted octanol–water partition coefficient (Wildman–Crippen LogP) is 5.80. The molecule has 2 aromatic carbocycles. The van der Waals surface area contributed by atoms with Crippen molar-refractivity contribution < 1.29 is 14.6 Å². The van der Waals surface area contributed by atoms with Crippen LogP contribution in [-0.4, -0.2) is 32.6 Å². The van der Waals surface area contributed by atoms with Crippen molar-refractivity contribution in [2.24, 2.45) is 0 Å². The lowest BCUT2D eigenvalue weighted by Gasteiger charge is -2.20. The zero-order valence-electron chi connectivity index (χ0n) is 17.3. The van der Waals surface area contributed by atoms with E-state index in [0.29, 0.717) is 29.1 Å². The van der Waals surface area contributed by atoms with Crippen molar-refractivity contribution >= 4 is 33.4 Å². The number of nitrogens with one attached hydrogen (secondary N) is 1. The standard InChI is InChI=1S/C22H23BrN4O3S/c1-3-5-10-31-22-25-21-19(26-27-22)15-12-14(23)7-8-16(15)24-20(30-21)13-6-9-17(28)18(11-13)29-4-2/h6-9,11-12,20,24,28H,3-5,10H2,1-2H3. The van der Waals surface area contributed by atoms with E-state index < -0.39 is 6.23 Å². The molecule has 1 aromatic heterocycles. The summed E-state index contributed by atoms with van der Waals surface area (Å²) in [5, 5.41) is 22.8. The lowest BCUT2D eigenvalue weighted by Crippen LogP contribution is -2.17. The van der Waals surface area contributed by atoms with Crippen LogP contribution >= 0.6 is 27.7 Å². The van der Waals surface area contributed by atoms with E-state index in [4.69, 9.17) is 9.47 Å². The number of aromatic nitrogens is 3. The van der Waals surface area contributed by atoms with Crippen molar-refractivity contribution in [2.45, 2.75) is 38.1 Å². The molecule has 9 heteroatoms. The van der Waals surface area contributed by atoms with Gasteiger partial charge >= 0.3 is 0 Å². The highest BCUT2D eigenvalue weighted by molar-refractivity contribution is 9.10. The van der Waals surface area contributed by atoms with Crippen LogP contribution in [-0.2, 0) is 0 Å². The Kier molecular flexibility index (Phi) is 6.82. The number of halogens is 1. The van der Waals surface area contributed by atoms with Crippen molar-refractivity contribution in [1.82, 2.24) is 15.2 Å². The van der Waals surface area contributed by atoms with Gasteiger partial charge in [-0.15, -0.1) is 10.2 Å². The van der Waals surface area contributed by atoms with E-state index in [9.17, 15) is 5.11 Å². The molecule has 0 spiro atoms. The summed E-state index contributed by atoms with van der Waals surface area (Å²) in [4.78, 5) is 4.66. The Bertz CT molecular complexity index is 1080. The van der Waals surface area contributed by atoms with E-state index >= 15 is 0 Å². The molecule has 0 bridgehead atoms. The molecule has 0 fully saturated rings. The Balaban J connectivity index is 1.75. The molecule has 0 saturated carbocycles. The Hall–Kier alpha value is -2.52. The monoisotopic (exact) mass is 502 g/mol. The van der Waals surface area contributed by atoms with Crippen LogP contribution in [0.5, 0.6) is 17.4 Å². The first-order chi connectivity index (χ1) is 15.1. The van der Waals surface area contributed by atoms with Gasteiger partial charge < -0.3 is 19.9 Å². The van der Waals surface area contributed by atoms with Crippen LogP contribution in [0.25, 0.3) is 11.3 Å². The SMILES string of the molecule is CCCCSc1nnc2c(n1)OC(c1ccc(O)c(OCC)c1)Nc1ccc(Br)cc1-2. The summed E-state index contributed by atoms with van der Waals surface area (Å²) in [6, 6.07) is 11.0. The third-order valence-electron chi connectivity index (χ3n) is 4.70. The maximum absolute atomic E-state index is 10.1. The summed E-state index contributed by atoms with van der Waals surface area (Å²) < 4.78 is 12.8. The number of fused-ring (bicyclic) bond motifs is 3. The van der Waals surface area contributed by atoms with Crippen LogP contribution in [0.2, 0.25) is 0 Å². The highest BCUT2D eigenvalue weighted by atomic mass is 79.9. The average Bonchev–Trinajstić information content (AvgIpc) is 2.92. The molecular formula is C22H23BrN4O3S. The highest BCUT2D eigenvalue weighted by Crippen LogP contribution is 2.41. The molecule has 2 N–H and O–H groups in total. The van der Waals surface area contributed by atoms with Crippen molar-refractivity contribution in [3.05, 3.63) is 46.4 Å². The summed E-state index contributed by atoms with van der Waals surface area (Å²) in [5.74, 6) is 1.83. The lowest BCUT2D eigenvalue weighted by atomic mass is 10.1. The van der Waals surface area contributed by atoms with Crippen molar-refractivity contribution in [3.63, 3.8) is 0 Å². The Morgan fingerprint density at radius 1 is 1.19 bits per heavy atom. The summed E-state index contributed by atoms with van der Waals surface area (Å²) in [7, 11) is 0. The molecule has 0 aliphatic carbocycles. The van der Waals surface area contributed by atoms with E-state index in [1.165, 1.54) is 0 Å². The molecule has 0 amide bonds. The summed E-state index contributed by atoms with van der Waals surface area (Å²) in [5.41, 5.74) is 3.07. The highest BCUT2D eigenvalue weighted by Gasteiger charge is 2.27. The maximum atomic E-state index is 10.1. The van der Waals surface area contributed by atoms with Crippen LogP contribution in [0.1, 0.15) is 38.5 Å². The molecule has 162 valence electrons. The van der Waals surface area contributed by atoms with Gasteiger partial charge in [-0.05, 0) is 49.7 Å². The minimum absolute atomic E-state index is 0.0857. The van der Waals surface area contributed by atoms with Gasteiger partial charge in [0, 0.05) is 27.0 Å². The van der Waals surface area contributed by atoms with Crippen LogP contribution in [0.15, 0.2) is 46.0 Å². The van der Waals surface area contributed by atoms with Crippen LogP contribution in [0.4, 0.5) is 5.69 Å². The van der Waals surface area contributed by atoms with Gasteiger partial charge in [-0.1, -0.05) is 41.0 Å². The second-order valence-electron chi connectivity index (χ2n) is 6.94. The first-order valence-corrected chi connectivity index (χ1v) is 11.9. The van der Waals surface area contributed by atoms with Gasteiger partial charge in [-0.2, -0.15) is 4.98 Å².